The summed E-state index contributed by atoms with van der Waals surface area (Å²) in [7, 11) is 7.21. The molecule has 4 aromatic heterocycles. The lowest BCUT2D eigenvalue weighted by Crippen LogP contribution is -2.45. The van der Waals surface area contributed by atoms with E-state index in [2.05, 4.69) is 35.1 Å². The molecule has 6 heterocycles. The van der Waals surface area contributed by atoms with Crippen molar-refractivity contribution in [2.45, 2.75) is 25.9 Å². The number of ether oxygens (including phenoxy) is 6. The van der Waals surface area contributed by atoms with Crippen LogP contribution in [0, 0.1) is 13.8 Å². The van der Waals surface area contributed by atoms with Crippen LogP contribution in [0.15, 0.2) is 135 Å². The van der Waals surface area contributed by atoms with Gasteiger partial charge in [0.25, 0.3) is 0 Å². The number of benzene rings is 4. The zero-order valence-electron chi connectivity index (χ0n) is 39.1. The number of para-hydroxylation sites is 2. The van der Waals surface area contributed by atoms with Crippen LogP contribution in [0.2, 0.25) is 5.28 Å². The molecule has 0 radical (unpaired) electrons. The van der Waals surface area contributed by atoms with Gasteiger partial charge in [-0.25, -0.2) is 19.9 Å². The maximum Gasteiger partial charge on any atom is 0.229 e. The second-order valence-corrected chi connectivity index (χ2v) is 16.2. The number of hydrogen-bond acceptors (Lipinski definition) is 16. The van der Waals surface area contributed by atoms with Crippen molar-refractivity contribution >= 4 is 40.6 Å². The fraction of sp³-hybridized carbons (Fsp3) is 0.240. The largest absolute Gasteiger partial charge is 0.494 e. The average Bonchev–Trinajstić information content (AvgIpc) is 4.02. The van der Waals surface area contributed by atoms with E-state index in [1.165, 1.54) is 0 Å². The Balaban J connectivity index is 0.000000155. The van der Waals surface area contributed by atoms with E-state index in [0.717, 1.165) is 45.7 Å². The Bertz CT molecular complexity index is 2940. The molecule has 0 saturated heterocycles. The molecular weight excluding hydrogens is 900 g/mol. The van der Waals surface area contributed by atoms with E-state index >= 15 is 0 Å². The highest BCUT2D eigenvalue weighted by Gasteiger charge is 2.29. The number of rotatable bonds is 12. The van der Waals surface area contributed by atoms with E-state index < -0.39 is 0 Å². The molecule has 0 fully saturated rings. The number of nitrogen functional groups attached to an aromatic ring is 1. The van der Waals surface area contributed by atoms with Gasteiger partial charge in [0.1, 0.15) is 49.4 Å². The van der Waals surface area contributed by atoms with Crippen LogP contribution in [0.4, 0.5) is 29.0 Å². The van der Waals surface area contributed by atoms with Crippen LogP contribution in [-0.2, 0) is 0 Å². The van der Waals surface area contributed by atoms with E-state index in [1.807, 2.05) is 145 Å². The predicted molar refractivity (Wildman–Crippen MR) is 266 cm³/mol. The molecule has 0 spiro atoms. The van der Waals surface area contributed by atoms with Gasteiger partial charge < -0.3 is 58.4 Å². The van der Waals surface area contributed by atoms with Crippen molar-refractivity contribution in [3.8, 4) is 45.9 Å². The summed E-state index contributed by atoms with van der Waals surface area (Å²) in [5.74, 6) is 6.28. The van der Waals surface area contributed by atoms with Gasteiger partial charge in [0, 0.05) is 50.0 Å². The Kier molecular flexibility index (Phi) is 15.1. The van der Waals surface area contributed by atoms with E-state index in [-0.39, 0.29) is 17.4 Å². The lowest BCUT2D eigenvalue weighted by Gasteiger charge is -2.34. The Labute approximate surface area is 405 Å². The third kappa shape index (κ3) is 11.8. The number of aromatic nitrogens is 8. The molecule has 4 aromatic carbocycles. The highest BCUT2D eigenvalue weighted by molar-refractivity contribution is 6.28. The van der Waals surface area contributed by atoms with Crippen LogP contribution in [0.5, 0.6) is 34.5 Å². The van der Waals surface area contributed by atoms with Crippen molar-refractivity contribution < 1.29 is 28.4 Å². The van der Waals surface area contributed by atoms with Crippen LogP contribution in [0.3, 0.4) is 0 Å². The van der Waals surface area contributed by atoms with Gasteiger partial charge in [0.2, 0.25) is 11.2 Å². The number of nitrogens with two attached hydrogens (primary N) is 1. The zero-order valence-corrected chi connectivity index (χ0v) is 39.8. The Morgan fingerprint density at radius 1 is 0.652 bits per heavy atom. The number of fused-ring (bicyclic) bond motifs is 2. The molecule has 3 N–H and O–H groups in total. The summed E-state index contributed by atoms with van der Waals surface area (Å²) in [5.41, 5.74) is 10.9. The minimum absolute atomic E-state index is 0.0217. The number of anilines is 5. The molecule has 8 aromatic rings. The molecule has 69 heavy (non-hydrogen) atoms. The van der Waals surface area contributed by atoms with Gasteiger partial charge in [-0.2, -0.15) is 9.97 Å². The normalized spacial score (nSPS) is 14.5. The van der Waals surface area contributed by atoms with E-state index in [9.17, 15) is 0 Å². The summed E-state index contributed by atoms with van der Waals surface area (Å²) in [6, 6.07) is 30.9. The van der Waals surface area contributed by atoms with Crippen LogP contribution in [0.25, 0.3) is 11.4 Å². The topological polar surface area (TPSA) is 187 Å². The molecule has 19 heteroatoms. The van der Waals surface area contributed by atoms with Crippen molar-refractivity contribution in [2.75, 3.05) is 75.6 Å². The molecule has 10 rings (SSSR count). The molecule has 356 valence electrons. The number of nitrogens with one attached hydrogen (secondary N) is 1. The minimum atomic E-state index is 0.0217. The number of methoxy groups -OCH3 is 2. The van der Waals surface area contributed by atoms with Gasteiger partial charge in [-0.15, -0.1) is 0 Å². The maximum atomic E-state index is 5.93. The van der Waals surface area contributed by atoms with E-state index in [0.29, 0.717) is 66.9 Å². The van der Waals surface area contributed by atoms with Crippen LogP contribution in [-0.4, -0.2) is 106 Å². The summed E-state index contributed by atoms with van der Waals surface area (Å²) >= 11 is 5.83. The van der Waals surface area contributed by atoms with Crippen molar-refractivity contribution in [2.24, 2.45) is 0 Å². The highest BCUT2D eigenvalue weighted by Crippen LogP contribution is 2.34. The number of likely N-dealkylation sites (N-methyl/N-ethyl adjacent to an activating group) is 2. The molecule has 2 aliphatic heterocycles. The number of nitrogens with zero attached hydrogens (tertiary/aromatic N) is 10. The first kappa shape index (κ1) is 47.3. The molecule has 0 saturated carbocycles. The predicted octanol–water partition coefficient (Wildman–Crippen LogP) is 8.18. The minimum Gasteiger partial charge on any atom is -0.494 e. The average molecular weight is 954 g/mol. The molecule has 0 amide bonds. The number of imidazole rings is 2. The Morgan fingerprint density at radius 2 is 1.16 bits per heavy atom. The van der Waals surface area contributed by atoms with Crippen LogP contribution >= 0.6 is 11.6 Å². The summed E-state index contributed by atoms with van der Waals surface area (Å²) in [5, 5.41) is 3.48. The van der Waals surface area contributed by atoms with Crippen LogP contribution in [0.1, 0.15) is 11.4 Å². The fourth-order valence-corrected chi connectivity index (χ4v) is 7.39. The molecule has 0 bridgehead atoms. The lowest BCUT2D eigenvalue weighted by atomic mass is 10.2. The van der Waals surface area contributed by atoms with Gasteiger partial charge in [-0.05, 0) is 74.0 Å². The number of halogens is 1. The Morgan fingerprint density at radius 3 is 1.68 bits per heavy atom. The standard InChI is InChI=1S/C25H26N6O3.C14H14ClN3O2.C11H13N3O/c1-17-13-31(16-27-17)21-10-9-18(11-22(21)32-3)28-25-26-12-23-24(29-25)30(2)19(15-34-23)14-33-20-7-5-4-6-8-20;1-18-10(8-19-11-5-3-2-4-6-11)9-20-12-7-16-14(15)17-13(12)18;1-8-6-14(7-13-8)10-4-3-9(12)5-11(10)15-2/h4-13,16,19H,14-15H2,1-3H3,(H,26,28,29);2-7,10H,8-9H2,1H3;3-7H,12H2,1-2H3/t19-;10-;/m00./s1. The smallest absolute Gasteiger partial charge is 0.229 e. The monoisotopic (exact) mass is 952 g/mol. The Hall–Kier alpha value is -8.25. The van der Waals surface area contributed by atoms with Crippen molar-refractivity contribution in [1.29, 1.82) is 0 Å². The third-order valence-electron chi connectivity index (χ3n) is 11.1. The third-order valence-corrected chi connectivity index (χ3v) is 11.2. The fourth-order valence-electron chi connectivity index (χ4n) is 7.26. The highest BCUT2D eigenvalue weighted by atomic mass is 35.5. The molecule has 0 aliphatic carbocycles. The second-order valence-electron chi connectivity index (χ2n) is 15.9. The summed E-state index contributed by atoms with van der Waals surface area (Å²) < 4.78 is 37.9. The first-order valence-corrected chi connectivity index (χ1v) is 22.3. The molecule has 2 aliphatic rings. The van der Waals surface area contributed by atoms with Gasteiger partial charge in [-0.1, -0.05) is 36.4 Å². The first-order valence-electron chi connectivity index (χ1n) is 21.9. The van der Waals surface area contributed by atoms with Crippen LogP contribution < -0.4 is 49.3 Å². The summed E-state index contributed by atoms with van der Waals surface area (Å²) in [6.45, 7) is 5.92. The maximum absolute atomic E-state index is 5.93. The second kappa shape index (κ2) is 22.0. The SMILES string of the molecule is CN1c2nc(Cl)ncc2OC[C@@H]1COc1ccccc1.COc1cc(N)ccc1-n1cnc(C)c1.COc1cc(Nc2ncc3c(n2)N(C)[C@@H](COc2ccccc2)CO3)ccc1-n1cnc(C)c1. The quantitative estimate of drug-likeness (QED) is 0.0881. The van der Waals surface area contributed by atoms with Gasteiger partial charge >= 0.3 is 0 Å². The molecule has 0 unspecified atom stereocenters. The van der Waals surface area contributed by atoms with Crippen molar-refractivity contribution in [3.63, 3.8) is 0 Å². The molecule has 2 atom stereocenters. The lowest BCUT2D eigenvalue weighted by molar-refractivity contribution is 0.201. The van der Waals surface area contributed by atoms with Crippen molar-refractivity contribution in [3.05, 3.63) is 151 Å². The van der Waals surface area contributed by atoms with Gasteiger partial charge in [0.15, 0.2) is 23.1 Å². The van der Waals surface area contributed by atoms with E-state index in [1.54, 1.807) is 45.3 Å². The summed E-state index contributed by atoms with van der Waals surface area (Å²) in [4.78, 5) is 29.8. The number of hydrogen-bond donors (Lipinski definition) is 2. The summed E-state index contributed by atoms with van der Waals surface area (Å²) in [6.07, 6.45) is 10.7. The number of aryl methyl sites for hydroxylation is 2. The first-order chi connectivity index (χ1) is 33.5. The zero-order chi connectivity index (χ0) is 48.3. The molecule has 18 nitrogen and oxygen atoms in total. The van der Waals surface area contributed by atoms with E-state index in [4.69, 9.17) is 50.7 Å². The van der Waals surface area contributed by atoms with Gasteiger partial charge in [0.05, 0.1) is 74.1 Å². The van der Waals surface area contributed by atoms with Crippen molar-refractivity contribution in [1.82, 2.24) is 39.0 Å². The van der Waals surface area contributed by atoms with Gasteiger partial charge in [-0.3, -0.25) is 0 Å². The molecular formula is C50H53ClN12O6.